The molecule has 28 heavy (non-hydrogen) atoms. The molecule has 0 aliphatic heterocycles. The number of amides is 1. The molecule has 3 aromatic carbocycles. The lowest BCUT2D eigenvalue weighted by Crippen LogP contribution is -2.29. The summed E-state index contributed by atoms with van der Waals surface area (Å²) in [6.45, 7) is 0. The minimum Gasteiger partial charge on any atom is -0.497 e. The lowest BCUT2D eigenvalue weighted by molar-refractivity contribution is -0.137. The molecule has 1 amide bonds. The third-order valence-electron chi connectivity index (χ3n) is 4.33. The zero-order valence-corrected chi connectivity index (χ0v) is 15.0. The number of halogens is 3. The number of ether oxygens (including phenoxy) is 1. The number of methoxy groups -OCH3 is 1. The van der Waals surface area contributed by atoms with Crippen LogP contribution < -0.4 is 10.1 Å². The van der Waals surface area contributed by atoms with Gasteiger partial charge in [-0.25, -0.2) is 0 Å². The molecule has 3 nitrogen and oxygen atoms in total. The molecule has 0 aromatic heterocycles. The first-order chi connectivity index (χ1) is 13.4. The molecule has 0 saturated heterocycles. The zero-order valence-electron chi connectivity index (χ0n) is 15.0. The van der Waals surface area contributed by atoms with Crippen molar-refractivity contribution in [2.45, 2.75) is 12.2 Å². The van der Waals surface area contributed by atoms with Gasteiger partial charge < -0.3 is 10.1 Å². The number of alkyl halides is 3. The Bertz CT molecular complexity index is 921. The van der Waals surface area contributed by atoms with Crippen LogP contribution in [0.3, 0.4) is 0 Å². The number of rotatable bonds is 5. The summed E-state index contributed by atoms with van der Waals surface area (Å²) in [7, 11) is 1.57. The number of nitrogens with one attached hydrogen (secondary N) is 1. The first-order valence-electron chi connectivity index (χ1n) is 8.55. The van der Waals surface area contributed by atoms with Crippen molar-refractivity contribution >= 4 is 5.91 Å². The number of carbonyl (C=O) groups is 1. The molecule has 6 heteroatoms. The topological polar surface area (TPSA) is 38.3 Å². The van der Waals surface area contributed by atoms with Crippen molar-refractivity contribution in [1.82, 2.24) is 5.32 Å². The van der Waals surface area contributed by atoms with Gasteiger partial charge in [-0.15, -0.1) is 0 Å². The van der Waals surface area contributed by atoms with E-state index in [2.05, 4.69) is 5.32 Å². The van der Waals surface area contributed by atoms with Crippen LogP contribution in [0.4, 0.5) is 13.2 Å². The first kappa shape index (κ1) is 19.5. The van der Waals surface area contributed by atoms with E-state index in [1.54, 1.807) is 19.2 Å². The summed E-state index contributed by atoms with van der Waals surface area (Å²) >= 11 is 0. The van der Waals surface area contributed by atoms with E-state index in [1.165, 1.54) is 12.1 Å². The lowest BCUT2D eigenvalue weighted by Gasteiger charge is -2.20. The van der Waals surface area contributed by atoms with Gasteiger partial charge in [-0.2, -0.15) is 13.2 Å². The van der Waals surface area contributed by atoms with E-state index in [-0.39, 0.29) is 5.56 Å². The van der Waals surface area contributed by atoms with Crippen molar-refractivity contribution in [3.63, 3.8) is 0 Å². The zero-order chi connectivity index (χ0) is 20.1. The molecule has 1 atom stereocenters. The molecule has 0 spiro atoms. The average Bonchev–Trinajstić information content (AvgIpc) is 2.72. The van der Waals surface area contributed by atoms with Crippen LogP contribution in [0.1, 0.15) is 33.1 Å². The highest BCUT2D eigenvalue weighted by atomic mass is 19.4. The molecule has 3 aromatic rings. The molecule has 0 saturated carbocycles. The van der Waals surface area contributed by atoms with Crippen molar-refractivity contribution in [1.29, 1.82) is 0 Å². The van der Waals surface area contributed by atoms with Crippen molar-refractivity contribution in [2.24, 2.45) is 0 Å². The largest absolute Gasteiger partial charge is 0.497 e. The van der Waals surface area contributed by atoms with Gasteiger partial charge in [0, 0.05) is 5.56 Å². The van der Waals surface area contributed by atoms with Crippen LogP contribution in [-0.4, -0.2) is 13.0 Å². The predicted octanol–water partition coefficient (Wildman–Crippen LogP) is 5.23. The Labute approximate surface area is 160 Å². The molecule has 0 radical (unpaired) electrons. The van der Waals surface area contributed by atoms with Crippen LogP contribution in [0, 0.1) is 0 Å². The maximum absolute atomic E-state index is 12.7. The van der Waals surface area contributed by atoms with Gasteiger partial charge in [0.2, 0.25) is 0 Å². The standard InChI is InChI=1S/C22H18F3NO2/c1-28-19-13-9-16(10-14-19)20(15-5-3-2-4-6-15)26-21(27)17-7-11-18(12-8-17)22(23,24)25/h2-14,20H,1H3,(H,26,27)/t20-/m0/s1. The molecule has 0 bridgehead atoms. The van der Waals surface area contributed by atoms with Crippen LogP contribution in [0.5, 0.6) is 5.75 Å². The fourth-order valence-corrected chi connectivity index (χ4v) is 2.83. The van der Waals surface area contributed by atoms with Crippen molar-refractivity contribution in [3.05, 3.63) is 101 Å². The van der Waals surface area contributed by atoms with E-state index in [9.17, 15) is 18.0 Å². The fraction of sp³-hybridized carbons (Fsp3) is 0.136. The van der Waals surface area contributed by atoms with Crippen LogP contribution >= 0.6 is 0 Å². The number of carbonyl (C=O) groups excluding carboxylic acids is 1. The number of hydrogen-bond donors (Lipinski definition) is 1. The SMILES string of the molecule is COc1ccc([C@@H](NC(=O)c2ccc(C(F)(F)F)cc2)c2ccccc2)cc1. The third kappa shape index (κ3) is 4.52. The highest BCUT2D eigenvalue weighted by Gasteiger charge is 2.30. The van der Waals surface area contributed by atoms with Crippen LogP contribution in [0.25, 0.3) is 0 Å². The highest BCUT2D eigenvalue weighted by molar-refractivity contribution is 5.94. The van der Waals surface area contributed by atoms with Crippen molar-refractivity contribution in [2.75, 3.05) is 7.11 Å². The smallest absolute Gasteiger partial charge is 0.416 e. The molecule has 1 N–H and O–H groups in total. The normalized spacial score (nSPS) is 12.3. The molecule has 0 heterocycles. The van der Waals surface area contributed by atoms with Gasteiger partial charge in [0.05, 0.1) is 18.7 Å². The molecule has 0 aliphatic rings. The summed E-state index contributed by atoms with van der Waals surface area (Å²) in [6.07, 6.45) is -4.44. The van der Waals surface area contributed by atoms with E-state index in [0.29, 0.717) is 5.75 Å². The van der Waals surface area contributed by atoms with Crippen molar-refractivity contribution < 1.29 is 22.7 Å². The minimum atomic E-state index is -4.44. The number of hydrogen-bond acceptors (Lipinski definition) is 2. The summed E-state index contributed by atoms with van der Waals surface area (Å²) in [5, 5.41) is 2.90. The molecule has 3 rings (SSSR count). The Morgan fingerprint density at radius 3 is 1.96 bits per heavy atom. The molecule has 0 aliphatic carbocycles. The Hall–Kier alpha value is -3.28. The quantitative estimate of drug-likeness (QED) is 0.653. The lowest BCUT2D eigenvalue weighted by atomic mass is 9.98. The average molecular weight is 385 g/mol. The summed E-state index contributed by atoms with van der Waals surface area (Å²) in [6, 6.07) is 20.3. The fourth-order valence-electron chi connectivity index (χ4n) is 2.83. The molecule has 144 valence electrons. The highest BCUT2D eigenvalue weighted by Crippen LogP contribution is 2.29. The first-order valence-corrected chi connectivity index (χ1v) is 8.55. The van der Waals surface area contributed by atoms with Crippen LogP contribution in [-0.2, 0) is 6.18 Å². The summed E-state index contributed by atoms with van der Waals surface area (Å²) in [4.78, 5) is 12.7. The maximum atomic E-state index is 12.7. The second-order valence-corrected chi connectivity index (χ2v) is 6.17. The van der Waals surface area contributed by atoms with Gasteiger partial charge in [0.25, 0.3) is 5.91 Å². The van der Waals surface area contributed by atoms with E-state index < -0.39 is 23.7 Å². The second kappa shape index (κ2) is 8.17. The third-order valence-corrected chi connectivity index (χ3v) is 4.33. The van der Waals surface area contributed by atoms with E-state index in [1.807, 2.05) is 42.5 Å². The summed E-state index contributed by atoms with van der Waals surface area (Å²) in [5.41, 5.74) is 1.04. The second-order valence-electron chi connectivity index (χ2n) is 6.17. The minimum absolute atomic E-state index is 0.155. The van der Waals surface area contributed by atoms with Crippen molar-refractivity contribution in [3.8, 4) is 5.75 Å². The van der Waals surface area contributed by atoms with Gasteiger partial charge in [0.15, 0.2) is 0 Å². The summed E-state index contributed by atoms with van der Waals surface area (Å²) in [5.74, 6) is 0.225. The Kier molecular flexibility index (Phi) is 5.68. The monoisotopic (exact) mass is 385 g/mol. The molecular formula is C22H18F3NO2. The van der Waals surface area contributed by atoms with E-state index in [0.717, 1.165) is 23.3 Å². The molecule has 0 fully saturated rings. The van der Waals surface area contributed by atoms with Gasteiger partial charge >= 0.3 is 6.18 Å². The Morgan fingerprint density at radius 2 is 1.43 bits per heavy atom. The predicted molar refractivity (Wildman–Crippen MR) is 100 cm³/mol. The van der Waals surface area contributed by atoms with Gasteiger partial charge in [-0.05, 0) is 47.5 Å². The summed E-state index contributed by atoms with van der Waals surface area (Å²) < 4.78 is 43.3. The Balaban J connectivity index is 1.87. The van der Waals surface area contributed by atoms with E-state index in [4.69, 9.17) is 4.74 Å². The number of benzene rings is 3. The van der Waals surface area contributed by atoms with Gasteiger partial charge in [-0.3, -0.25) is 4.79 Å². The Morgan fingerprint density at radius 1 is 0.857 bits per heavy atom. The van der Waals surface area contributed by atoms with Gasteiger partial charge in [-0.1, -0.05) is 42.5 Å². The molecular weight excluding hydrogens is 367 g/mol. The van der Waals surface area contributed by atoms with Crippen LogP contribution in [0.2, 0.25) is 0 Å². The van der Waals surface area contributed by atoms with E-state index >= 15 is 0 Å². The maximum Gasteiger partial charge on any atom is 0.416 e. The molecule has 0 unspecified atom stereocenters. The van der Waals surface area contributed by atoms with Gasteiger partial charge in [0.1, 0.15) is 5.75 Å². The van der Waals surface area contributed by atoms with Crippen LogP contribution in [0.15, 0.2) is 78.9 Å².